The largest absolute Gasteiger partial charge is 0.493 e. The first-order valence-electron chi connectivity index (χ1n) is 5.97. The molecule has 0 fully saturated rings. The SMILES string of the molecule is C.COc1cc(C(=O)c2cnc(C)[nH]2)cc(OC)c1OC. The molecule has 0 atom stereocenters. The molecule has 6 heteroatoms. The Morgan fingerprint density at radius 2 is 1.67 bits per heavy atom. The third-order valence-corrected chi connectivity index (χ3v) is 2.87. The number of aromatic amines is 1. The van der Waals surface area contributed by atoms with Gasteiger partial charge in [-0.2, -0.15) is 0 Å². The second-order valence-electron chi connectivity index (χ2n) is 4.13. The minimum absolute atomic E-state index is 0. The molecule has 1 heterocycles. The van der Waals surface area contributed by atoms with E-state index in [0.29, 0.717) is 34.3 Å². The van der Waals surface area contributed by atoms with Gasteiger partial charge in [0.15, 0.2) is 11.5 Å². The Morgan fingerprint density at radius 1 is 1.10 bits per heavy atom. The van der Waals surface area contributed by atoms with Gasteiger partial charge in [0.25, 0.3) is 0 Å². The third-order valence-electron chi connectivity index (χ3n) is 2.87. The van der Waals surface area contributed by atoms with Gasteiger partial charge in [0.1, 0.15) is 11.5 Å². The number of hydrogen-bond donors (Lipinski definition) is 1. The smallest absolute Gasteiger partial charge is 0.211 e. The van der Waals surface area contributed by atoms with Crippen molar-refractivity contribution < 1.29 is 19.0 Å². The zero-order valence-corrected chi connectivity index (χ0v) is 11.8. The summed E-state index contributed by atoms with van der Waals surface area (Å²) in [4.78, 5) is 19.3. The molecule has 114 valence electrons. The molecule has 0 aliphatic rings. The van der Waals surface area contributed by atoms with Crippen molar-refractivity contribution in [3.05, 3.63) is 35.4 Å². The minimum Gasteiger partial charge on any atom is -0.493 e. The van der Waals surface area contributed by atoms with E-state index >= 15 is 0 Å². The molecule has 2 rings (SSSR count). The molecule has 0 unspecified atom stereocenters. The summed E-state index contributed by atoms with van der Waals surface area (Å²) in [6.45, 7) is 1.78. The van der Waals surface area contributed by atoms with E-state index in [0.717, 1.165) is 0 Å². The summed E-state index contributed by atoms with van der Waals surface area (Å²) in [6.07, 6.45) is 1.50. The first-order chi connectivity index (χ1) is 9.60. The van der Waals surface area contributed by atoms with Gasteiger partial charge in [-0.1, -0.05) is 7.43 Å². The zero-order valence-electron chi connectivity index (χ0n) is 11.8. The maximum Gasteiger partial charge on any atom is 0.211 e. The van der Waals surface area contributed by atoms with Crippen molar-refractivity contribution in [2.75, 3.05) is 21.3 Å². The monoisotopic (exact) mass is 292 g/mol. The van der Waals surface area contributed by atoms with Crippen LogP contribution in [0.25, 0.3) is 0 Å². The number of rotatable bonds is 5. The van der Waals surface area contributed by atoms with Crippen molar-refractivity contribution in [3.63, 3.8) is 0 Å². The topological polar surface area (TPSA) is 73.4 Å². The molecule has 1 aromatic heterocycles. The average Bonchev–Trinajstić information content (AvgIpc) is 2.91. The molecule has 1 N–H and O–H groups in total. The number of carbonyl (C=O) groups excluding carboxylic acids is 1. The number of benzene rings is 1. The van der Waals surface area contributed by atoms with Crippen molar-refractivity contribution in [1.82, 2.24) is 9.97 Å². The van der Waals surface area contributed by atoms with Crippen LogP contribution in [0.4, 0.5) is 0 Å². The summed E-state index contributed by atoms with van der Waals surface area (Å²) in [6, 6.07) is 3.22. The third kappa shape index (κ3) is 3.16. The highest BCUT2D eigenvalue weighted by Crippen LogP contribution is 2.38. The van der Waals surface area contributed by atoms with Gasteiger partial charge in [0, 0.05) is 5.56 Å². The van der Waals surface area contributed by atoms with Gasteiger partial charge in [-0.3, -0.25) is 4.79 Å². The lowest BCUT2D eigenvalue weighted by Gasteiger charge is -2.13. The molecule has 6 nitrogen and oxygen atoms in total. The Morgan fingerprint density at radius 3 is 2.05 bits per heavy atom. The highest BCUT2D eigenvalue weighted by molar-refractivity contribution is 6.08. The zero-order chi connectivity index (χ0) is 14.7. The number of H-pyrrole nitrogens is 1. The molecule has 0 spiro atoms. The number of carbonyl (C=O) groups is 1. The molecule has 0 saturated heterocycles. The number of methoxy groups -OCH3 is 3. The van der Waals surface area contributed by atoms with Crippen LogP contribution in [0, 0.1) is 6.92 Å². The Balaban J connectivity index is 0.00000220. The van der Waals surface area contributed by atoms with Crippen LogP contribution in [-0.2, 0) is 0 Å². The van der Waals surface area contributed by atoms with Crippen molar-refractivity contribution in [2.45, 2.75) is 14.4 Å². The van der Waals surface area contributed by atoms with Crippen LogP contribution in [0.5, 0.6) is 17.2 Å². The Bertz CT molecular complexity index is 609. The highest BCUT2D eigenvalue weighted by Gasteiger charge is 2.18. The standard InChI is InChI=1S/C14H16N2O4.CH4/c1-8-15-7-10(16-8)13(17)9-5-11(18-2)14(20-4)12(6-9)19-3;/h5-7H,1-4H3,(H,15,16);1H4. The first kappa shape index (κ1) is 16.6. The van der Waals surface area contributed by atoms with E-state index in [2.05, 4.69) is 9.97 Å². The van der Waals surface area contributed by atoms with Crippen LogP contribution in [0.3, 0.4) is 0 Å². The Labute approximate surface area is 124 Å². The van der Waals surface area contributed by atoms with Gasteiger partial charge in [-0.15, -0.1) is 0 Å². The minimum atomic E-state index is -0.190. The Kier molecular flexibility index (Phi) is 5.35. The molecular weight excluding hydrogens is 272 g/mol. The average molecular weight is 292 g/mol. The van der Waals surface area contributed by atoms with E-state index in [1.165, 1.54) is 27.5 Å². The van der Waals surface area contributed by atoms with Gasteiger partial charge in [-0.25, -0.2) is 4.98 Å². The molecule has 1 aromatic carbocycles. The highest BCUT2D eigenvalue weighted by atomic mass is 16.5. The maximum absolute atomic E-state index is 12.4. The van der Waals surface area contributed by atoms with E-state index in [9.17, 15) is 4.79 Å². The number of hydrogen-bond acceptors (Lipinski definition) is 5. The van der Waals surface area contributed by atoms with E-state index in [-0.39, 0.29) is 13.2 Å². The van der Waals surface area contributed by atoms with Gasteiger partial charge >= 0.3 is 0 Å². The quantitative estimate of drug-likeness (QED) is 0.857. The second-order valence-corrected chi connectivity index (χ2v) is 4.13. The van der Waals surface area contributed by atoms with Gasteiger partial charge in [0.05, 0.1) is 27.5 Å². The summed E-state index contributed by atoms with van der Waals surface area (Å²) < 4.78 is 15.7. The van der Waals surface area contributed by atoms with Gasteiger partial charge in [-0.05, 0) is 19.1 Å². The van der Waals surface area contributed by atoms with Crippen molar-refractivity contribution in [1.29, 1.82) is 0 Å². The van der Waals surface area contributed by atoms with Crippen molar-refractivity contribution >= 4 is 5.78 Å². The van der Waals surface area contributed by atoms with Gasteiger partial charge in [0.2, 0.25) is 11.5 Å². The van der Waals surface area contributed by atoms with Crippen LogP contribution >= 0.6 is 0 Å². The van der Waals surface area contributed by atoms with Crippen LogP contribution in [0.1, 0.15) is 29.3 Å². The van der Waals surface area contributed by atoms with E-state index in [4.69, 9.17) is 14.2 Å². The fourth-order valence-corrected chi connectivity index (χ4v) is 1.90. The molecule has 0 bridgehead atoms. The summed E-state index contributed by atoms with van der Waals surface area (Å²) >= 11 is 0. The van der Waals surface area contributed by atoms with Crippen molar-refractivity contribution in [2.24, 2.45) is 0 Å². The number of ether oxygens (including phenoxy) is 3. The lowest BCUT2D eigenvalue weighted by Crippen LogP contribution is -2.04. The molecular formula is C15H20N2O4. The summed E-state index contributed by atoms with van der Waals surface area (Å²) in [5.74, 6) is 1.82. The predicted octanol–water partition coefficient (Wildman–Crippen LogP) is 2.61. The molecule has 0 aliphatic carbocycles. The number of nitrogens with one attached hydrogen (secondary N) is 1. The molecule has 0 aliphatic heterocycles. The van der Waals surface area contributed by atoms with Crippen LogP contribution in [0.15, 0.2) is 18.3 Å². The Hall–Kier alpha value is -2.50. The fourth-order valence-electron chi connectivity index (χ4n) is 1.90. The summed E-state index contributed by atoms with van der Waals surface area (Å²) in [5.41, 5.74) is 0.847. The van der Waals surface area contributed by atoms with E-state index in [1.54, 1.807) is 19.1 Å². The second kappa shape index (κ2) is 6.78. The van der Waals surface area contributed by atoms with Crippen molar-refractivity contribution in [3.8, 4) is 17.2 Å². The normalized spacial score (nSPS) is 9.71. The van der Waals surface area contributed by atoms with Gasteiger partial charge < -0.3 is 19.2 Å². The molecule has 2 aromatic rings. The molecule has 0 saturated carbocycles. The summed E-state index contributed by atoms with van der Waals surface area (Å²) in [7, 11) is 4.53. The van der Waals surface area contributed by atoms with Crippen LogP contribution < -0.4 is 14.2 Å². The molecule has 0 amide bonds. The number of aryl methyl sites for hydroxylation is 1. The maximum atomic E-state index is 12.4. The lowest BCUT2D eigenvalue weighted by molar-refractivity contribution is 0.103. The molecule has 21 heavy (non-hydrogen) atoms. The van der Waals surface area contributed by atoms with E-state index < -0.39 is 0 Å². The summed E-state index contributed by atoms with van der Waals surface area (Å²) in [5, 5.41) is 0. The molecule has 0 radical (unpaired) electrons. The van der Waals surface area contributed by atoms with Crippen LogP contribution in [0.2, 0.25) is 0 Å². The van der Waals surface area contributed by atoms with Crippen LogP contribution in [-0.4, -0.2) is 37.1 Å². The number of aromatic nitrogens is 2. The number of ketones is 1. The lowest BCUT2D eigenvalue weighted by atomic mass is 10.1. The fraction of sp³-hybridized carbons (Fsp3) is 0.333. The first-order valence-corrected chi connectivity index (χ1v) is 5.97. The number of imidazole rings is 1. The van der Waals surface area contributed by atoms with E-state index in [1.807, 2.05) is 0 Å². The predicted molar refractivity (Wildman–Crippen MR) is 79.6 cm³/mol. The number of nitrogens with zero attached hydrogens (tertiary/aromatic N) is 1.